The topological polar surface area (TPSA) is 196 Å². The first-order valence-electron chi connectivity index (χ1n) is 10.2. The van der Waals surface area contributed by atoms with Gasteiger partial charge >= 0.3 is 15.6 Å². The predicted octanol–water partition coefficient (Wildman–Crippen LogP) is 3.91. The van der Waals surface area contributed by atoms with Gasteiger partial charge in [0.15, 0.2) is 0 Å². The van der Waals surface area contributed by atoms with Gasteiger partial charge in [-0.3, -0.25) is 15.1 Å². The number of hydrogen-bond acceptors (Lipinski definition) is 8. The Morgan fingerprint density at radius 3 is 2.26 bits per heavy atom. The van der Waals surface area contributed by atoms with E-state index in [-0.39, 0.29) is 16.8 Å². The minimum atomic E-state index is -5.05. The third-order valence-electron chi connectivity index (χ3n) is 4.63. The minimum Gasteiger partial charge on any atom is -0.382 e. The smallest absolute Gasteiger partial charge is 0.382 e. The Morgan fingerprint density at radius 2 is 1.79 bits per heavy atom. The van der Waals surface area contributed by atoms with Gasteiger partial charge < -0.3 is 29.8 Å². The minimum absolute atomic E-state index is 0.0978. The molecule has 0 aliphatic heterocycles. The summed E-state index contributed by atoms with van der Waals surface area (Å²) in [4.78, 5) is 48.3. The van der Waals surface area contributed by atoms with Gasteiger partial charge in [0.2, 0.25) is 0 Å². The van der Waals surface area contributed by atoms with Crippen LogP contribution < -0.4 is 5.32 Å². The van der Waals surface area contributed by atoms with E-state index in [4.69, 9.17) is 31.2 Å². The lowest BCUT2D eigenvalue weighted by molar-refractivity contribution is -0.384. The molecule has 13 nitrogen and oxygen atoms in total. The van der Waals surface area contributed by atoms with Crippen molar-refractivity contribution in [3.05, 3.63) is 39.5 Å². The van der Waals surface area contributed by atoms with Gasteiger partial charge in [0.05, 0.1) is 10.4 Å². The lowest BCUT2D eigenvalue weighted by atomic mass is 10.1. The molecule has 0 saturated carbocycles. The molecule has 0 radical (unpaired) electrons. The van der Waals surface area contributed by atoms with Crippen molar-refractivity contribution >= 4 is 49.5 Å². The molecule has 0 fully saturated rings. The zero-order valence-electron chi connectivity index (χ0n) is 18.9. The maximum atomic E-state index is 11.1. The van der Waals surface area contributed by atoms with Crippen molar-refractivity contribution in [2.24, 2.45) is 0 Å². The van der Waals surface area contributed by atoms with E-state index in [9.17, 15) is 19.2 Å². The SMILES string of the molecule is CCN(CC)CCCC(C)Nc1ccnc2cc(Cl)c([N+](=O)[O-])cc12.O=P(O)(O)OP(=O)(O)O. The van der Waals surface area contributed by atoms with Crippen LogP contribution in [-0.2, 0) is 13.4 Å². The fourth-order valence-corrected chi connectivity index (χ4v) is 4.39. The van der Waals surface area contributed by atoms with Crippen LogP contribution in [0.2, 0.25) is 5.02 Å². The molecule has 0 spiro atoms. The summed E-state index contributed by atoms with van der Waals surface area (Å²) in [6.45, 7) is 9.68. The molecule has 192 valence electrons. The van der Waals surface area contributed by atoms with E-state index in [2.05, 4.69) is 40.3 Å². The third kappa shape index (κ3) is 11.2. The summed E-state index contributed by atoms with van der Waals surface area (Å²) in [6.07, 6.45) is 3.82. The monoisotopic (exact) mass is 542 g/mol. The van der Waals surface area contributed by atoms with Crippen molar-refractivity contribution in [3.63, 3.8) is 0 Å². The lowest BCUT2D eigenvalue weighted by Crippen LogP contribution is -2.25. The van der Waals surface area contributed by atoms with Crippen molar-refractivity contribution in [1.82, 2.24) is 9.88 Å². The summed E-state index contributed by atoms with van der Waals surface area (Å²) in [7, 11) is -10.1. The Hall–Kier alpha value is -1.66. The molecule has 0 aliphatic rings. The fourth-order valence-electron chi connectivity index (χ4n) is 3.06. The molecule has 1 aromatic carbocycles. The zero-order valence-corrected chi connectivity index (χ0v) is 21.4. The van der Waals surface area contributed by atoms with Crippen molar-refractivity contribution in [2.45, 2.75) is 39.7 Å². The highest BCUT2D eigenvalue weighted by Crippen LogP contribution is 2.53. The van der Waals surface area contributed by atoms with Crippen molar-refractivity contribution in [3.8, 4) is 0 Å². The molecule has 1 unspecified atom stereocenters. The number of pyridine rings is 1. The molecule has 34 heavy (non-hydrogen) atoms. The first-order chi connectivity index (χ1) is 15.7. The van der Waals surface area contributed by atoms with Crippen LogP contribution >= 0.6 is 27.2 Å². The second kappa shape index (κ2) is 13.4. The molecular weight excluding hydrogens is 514 g/mol. The number of benzene rings is 1. The Morgan fingerprint density at radius 1 is 1.21 bits per heavy atom. The number of hydrogen-bond donors (Lipinski definition) is 5. The van der Waals surface area contributed by atoms with Crippen LogP contribution in [0.5, 0.6) is 0 Å². The van der Waals surface area contributed by atoms with Crippen molar-refractivity contribution < 1.29 is 37.9 Å². The standard InChI is InChI=1S/C18H25ClN4O2.H4O7P2/c1-4-22(5-2)10-6-7-13(3)21-16-8-9-20-17-12-15(19)18(23(24)25)11-14(16)17;1-8(2,3)7-9(4,5)6/h8-9,11-13H,4-7,10H2,1-3H3,(H,20,21);(H2,1,2,3)(H2,4,5,6). The first-order valence-corrected chi connectivity index (χ1v) is 13.6. The fraction of sp³-hybridized carbons (Fsp3) is 0.500. The predicted molar refractivity (Wildman–Crippen MR) is 129 cm³/mol. The van der Waals surface area contributed by atoms with Crippen LogP contribution in [0.15, 0.2) is 24.4 Å². The van der Waals surface area contributed by atoms with E-state index in [1.165, 1.54) is 6.07 Å². The third-order valence-corrected chi connectivity index (χ3v) is 6.63. The maximum Gasteiger partial charge on any atom is 0.478 e. The molecule has 0 bridgehead atoms. The summed E-state index contributed by atoms with van der Waals surface area (Å²) >= 11 is 5.98. The molecular formula is C18H29ClN4O9P2. The van der Waals surface area contributed by atoms with Gasteiger partial charge in [0, 0.05) is 29.4 Å². The van der Waals surface area contributed by atoms with Gasteiger partial charge in [0.1, 0.15) is 5.02 Å². The van der Waals surface area contributed by atoms with E-state index in [0.717, 1.165) is 38.2 Å². The maximum absolute atomic E-state index is 11.1. The summed E-state index contributed by atoms with van der Waals surface area (Å²) in [5.41, 5.74) is 1.40. The molecule has 2 rings (SSSR count). The molecule has 0 aliphatic carbocycles. The van der Waals surface area contributed by atoms with Crippen LogP contribution in [0, 0.1) is 10.1 Å². The molecule has 16 heteroatoms. The number of nitro benzene ring substituents is 1. The molecule has 1 heterocycles. The van der Waals surface area contributed by atoms with Crippen LogP contribution in [0.4, 0.5) is 11.4 Å². The number of nitro groups is 1. The van der Waals surface area contributed by atoms with Gasteiger partial charge in [-0.1, -0.05) is 25.4 Å². The Labute approximate surface area is 201 Å². The van der Waals surface area contributed by atoms with Crippen LogP contribution in [0.3, 0.4) is 0 Å². The van der Waals surface area contributed by atoms with Gasteiger partial charge in [-0.15, -0.1) is 0 Å². The summed E-state index contributed by atoms with van der Waals surface area (Å²) in [6, 6.07) is 5.15. The first kappa shape index (κ1) is 30.4. The number of halogens is 1. The Bertz CT molecular complexity index is 1040. The highest BCUT2D eigenvalue weighted by atomic mass is 35.5. The average Bonchev–Trinajstić information content (AvgIpc) is 2.68. The average molecular weight is 543 g/mol. The van der Waals surface area contributed by atoms with E-state index >= 15 is 0 Å². The van der Waals surface area contributed by atoms with E-state index in [1.54, 1.807) is 12.3 Å². The lowest BCUT2D eigenvalue weighted by Gasteiger charge is -2.20. The molecule has 1 aromatic heterocycles. The molecule has 1 atom stereocenters. The summed E-state index contributed by atoms with van der Waals surface area (Å²) in [5.74, 6) is 0. The van der Waals surface area contributed by atoms with E-state index in [0.29, 0.717) is 10.9 Å². The second-order valence-electron chi connectivity index (χ2n) is 7.21. The van der Waals surface area contributed by atoms with E-state index < -0.39 is 20.6 Å². The van der Waals surface area contributed by atoms with Crippen LogP contribution in [0.25, 0.3) is 10.9 Å². The second-order valence-corrected chi connectivity index (χ2v) is 10.2. The Balaban J connectivity index is 0.000000546. The number of phosphoric acid groups is 2. The number of rotatable bonds is 11. The van der Waals surface area contributed by atoms with Crippen LogP contribution in [0.1, 0.15) is 33.6 Å². The molecule has 0 amide bonds. The van der Waals surface area contributed by atoms with Gasteiger partial charge in [0.25, 0.3) is 5.69 Å². The number of nitrogens with zero attached hydrogens (tertiary/aromatic N) is 3. The summed E-state index contributed by atoms with van der Waals surface area (Å²) in [5, 5.41) is 15.4. The van der Waals surface area contributed by atoms with Gasteiger partial charge in [-0.25, -0.2) is 9.13 Å². The zero-order chi connectivity index (χ0) is 26.1. The number of nitrogens with one attached hydrogen (secondary N) is 1. The molecule has 2 aromatic rings. The largest absolute Gasteiger partial charge is 0.478 e. The highest BCUT2D eigenvalue weighted by molar-refractivity contribution is 7.60. The highest BCUT2D eigenvalue weighted by Gasteiger charge is 2.28. The number of aromatic nitrogens is 1. The Kier molecular flexibility index (Phi) is 12.0. The number of anilines is 1. The van der Waals surface area contributed by atoms with Crippen molar-refractivity contribution in [1.29, 1.82) is 0 Å². The molecule has 5 N–H and O–H groups in total. The van der Waals surface area contributed by atoms with Crippen molar-refractivity contribution in [2.75, 3.05) is 25.0 Å². The van der Waals surface area contributed by atoms with Gasteiger partial charge in [-0.2, -0.15) is 4.31 Å². The van der Waals surface area contributed by atoms with Gasteiger partial charge in [-0.05, 0) is 51.5 Å². The quantitative estimate of drug-likeness (QED) is 0.156. The van der Waals surface area contributed by atoms with Crippen LogP contribution in [-0.4, -0.2) is 60.1 Å². The molecule has 0 saturated heterocycles. The normalized spacial score (nSPS) is 12.9. The number of fused-ring (bicyclic) bond motifs is 1. The van der Waals surface area contributed by atoms with E-state index in [1.807, 2.05) is 6.07 Å². The summed E-state index contributed by atoms with van der Waals surface area (Å²) < 4.78 is 22.2.